The van der Waals surface area contributed by atoms with Gasteiger partial charge in [-0.15, -0.1) is 0 Å². The predicted molar refractivity (Wildman–Crippen MR) is 85.7 cm³/mol. The van der Waals surface area contributed by atoms with Crippen molar-refractivity contribution in [3.63, 3.8) is 0 Å². The highest BCUT2D eigenvalue weighted by Crippen LogP contribution is 2.38. The molecule has 1 aromatic heterocycles. The van der Waals surface area contributed by atoms with Gasteiger partial charge in [0.1, 0.15) is 5.75 Å². The highest BCUT2D eigenvalue weighted by Gasteiger charge is 2.22. The molecule has 4 nitrogen and oxygen atoms in total. The molecular formula is C14H15Br2N3O. The van der Waals surface area contributed by atoms with Gasteiger partial charge in [-0.05, 0) is 50.5 Å². The van der Waals surface area contributed by atoms with E-state index in [1.54, 1.807) is 0 Å². The van der Waals surface area contributed by atoms with E-state index in [1.165, 1.54) is 11.3 Å². The molecule has 2 heterocycles. The van der Waals surface area contributed by atoms with Crippen LogP contribution in [0.5, 0.6) is 5.75 Å². The van der Waals surface area contributed by atoms with Crippen molar-refractivity contribution in [3.05, 3.63) is 32.3 Å². The van der Waals surface area contributed by atoms with Crippen molar-refractivity contribution in [2.75, 3.05) is 13.1 Å². The molecule has 1 aromatic carbocycles. The van der Waals surface area contributed by atoms with Crippen LogP contribution < -0.4 is 0 Å². The van der Waals surface area contributed by atoms with Crippen LogP contribution in [0, 0.1) is 0 Å². The van der Waals surface area contributed by atoms with Crippen LogP contribution in [0.2, 0.25) is 0 Å². The Morgan fingerprint density at radius 3 is 2.70 bits per heavy atom. The number of nitrogens with zero attached hydrogens (tertiary/aromatic N) is 2. The number of aromatic hydroxyl groups is 1. The van der Waals surface area contributed by atoms with Crippen LogP contribution in [-0.4, -0.2) is 33.3 Å². The fourth-order valence-corrected chi connectivity index (χ4v) is 3.75. The van der Waals surface area contributed by atoms with Gasteiger partial charge >= 0.3 is 0 Å². The first-order valence-electron chi connectivity index (χ1n) is 6.57. The van der Waals surface area contributed by atoms with Crippen LogP contribution in [-0.2, 0) is 13.0 Å². The summed E-state index contributed by atoms with van der Waals surface area (Å²) in [6, 6.07) is 3.81. The summed E-state index contributed by atoms with van der Waals surface area (Å²) in [5.74, 6) is 0.216. The molecule has 106 valence electrons. The third kappa shape index (κ3) is 2.40. The Kier molecular flexibility index (Phi) is 3.88. The lowest BCUT2D eigenvalue weighted by molar-refractivity contribution is 0.267. The molecule has 0 saturated carbocycles. The summed E-state index contributed by atoms with van der Waals surface area (Å²) < 4.78 is 1.34. The fourth-order valence-electron chi connectivity index (χ4n) is 2.56. The molecule has 0 fully saturated rings. The van der Waals surface area contributed by atoms with E-state index in [0.717, 1.165) is 37.3 Å². The van der Waals surface area contributed by atoms with Crippen LogP contribution in [0.3, 0.4) is 0 Å². The van der Waals surface area contributed by atoms with Gasteiger partial charge in [0.2, 0.25) is 0 Å². The van der Waals surface area contributed by atoms with Crippen LogP contribution in [0.1, 0.15) is 18.2 Å². The Morgan fingerprint density at radius 2 is 2.05 bits per heavy atom. The summed E-state index contributed by atoms with van der Waals surface area (Å²) in [4.78, 5) is 2.41. The average Bonchev–Trinajstić information content (AvgIpc) is 2.87. The van der Waals surface area contributed by atoms with E-state index in [4.69, 9.17) is 0 Å². The zero-order valence-electron chi connectivity index (χ0n) is 11.1. The molecule has 0 amide bonds. The maximum absolute atomic E-state index is 9.82. The second-order valence-electron chi connectivity index (χ2n) is 4.94. The van der Waals surface area contributed by atoms with Gasteiger partial charge < -0.3 is 5.11 Å². The van der Waals surface area contributed by atoms with Gasteiger partial charge in [0.25, 0.3) is 0 Å². The SMILES string of the molecule is CCN1CCc2[nH]nc(-c3cc(Br)c(O)c(Br)c3)c2C1. The Bertz CT molecular complexity index is 631. The van der Waals surface area contributed by atoms with Gasteiger partial charge in [0, 0.05) is 36.3 Å². The highest BCUT2D eigenvalue weighted by molar-refractivity contribution is 9.11. The number of nitrogens with one attached hydrogen (secondary N) is 1. The third-order valence-corrected chi connectivity index (χ3v) is 4.96. The van der Waals surface area contributed by atoms with E-state index >= 15 is 0 Å². The first kappa shape index (κ1) is 14.1. The van der Waals surface area contributed by atoms with Gasteiger partial charge in [-0.2, -0.15) is 5.10 Å². The molecular weight excluding hydrogens is 386 g/mol. The van der Waals surface area contributed by atoms with Crippen molar-refractivity contribution in [2.24, 2.45) is 0 Å². The van der Waals surface area contributed by atoms with Gasteiger partial charge in [-0.3, -0.25) is 10.00 Å². The Labute approximate surface area is 134 Å². The quantitative estimate of drug-likeness (QED) is 0.808. The van der Waals surface area contributed by atoms with E-state index in [0.29, 0.717) is 8.95 Å². The van der Waals surface area contributed by atoms with Gasteiger partial charge in [0.05, 0.1) is 14.6 Å². The second-order valence-corrected chi connectivity index (χ2v) is 6.65. The van der Waals surface area contributed by atoms with Gasteiger partial charge in [0.15, 0.2) is 0 Å². The van der Waals surface area contributed by atoms with Gasteiger partial charge in [-0.25, -0.2) is 0 Å². The minimum Gasteiger partial charge on any atom is -0.506 e. The molecule has 1 aliphatic rings. The first-order valence-corrected chi connectivity index (χ1v) is 8.15. The molecule has 1 aliphatic heterocycles. The number of aromatic amines is 1. The number of hydrogen-bond acceptors (Lipinski definition) is 3. The minimum atomic E-state index is 0.216. The number of fused-ring (bicyclic) bond motifs is 1. The maximum atomic E-state index is 9.82. The van der Waals surface area contributed by atoms with Crippen molar-refractivity contribution in [1.82, 2.24) is 15.1 Å². The first-order chi connectivity index (χ1) is 9.60. The minimum absolute atomic E-state index is 0.216. The van der Waals surface area contributed by atoms with Crippen LogP contribution >= 0.6 is 31.9 Å². The Hall–Kier alpha value is -0.850. The lowest BCUT2D eigenvalue weighted by Crippen LogP contribution is -2.30. The molecule has 6 heteroatoms. The molecule has 20 heavy (non-hydrogen) atoms. The van der Waals surface area contributed by atoms with Gasteiger partial charge in [-0.1, -0.05) is 6.92 Å². The molecule has 0 unspecified atom stereocenters. The fraction of sp³-hybridized carbons (Fsp3) is 0.357. The van der Waals surface area contributed by atoms with E-state index in [1.807, 2.05) is 12.1 Å². The number of halogens is 2. The molecule has 0 bridgehead atoms. The van der Waals surface area contributed by atoms with E-state index in [-0.39, 0.29) is 5.75 Å². The molecule has 0 saturated heterocycles. The average molecular weight is 401 g/mol. The molecule has 0 spiro atoms. The number of aromatic nitrogens is 2. The van der Waals surface area contributed by atoms with Crippen molar-refractivity contribution in [2.45, 2.75) is 19.9 Å². The van der Waals surface area contributed by atoms with Crippen molar-refractivity contribution < 1.29 is 5.11 Å². The van der Waals surface area contributed by atoms with E-state index in [9.17, 15) is 5.11 Å². The number of likely N-dealkylation sites (N-methyl/N-ethyl adjacent to an activating group) is 1. The monoisotopic (exact) mass is 399 g/mol. The number of phenols is 1. The number of rotatable bonds is 2. The highest BCUT2D eigenvalue weighted by atomic mass is 79.9. The van der Waals surface area contributed by atoms with Crippen LogP contribution in [0.4, 0.5) is 0 Å². The summed E-state index contributed by atoms with van der Waals surface area (Å²) in [5, 5.41) is 17.4. The Balaban J connectivity index is 2.06. The summed E-state index contributed by atoms with van der Waals surface area (Å²) >= 11 is 6.75. The molecule has 2 N–H and O–H groups in total. The standard InChI is InChI=1S/C14H15Br2N3O/c1-2-19-4-3-12-9(7-19)13(18-17-12)8-5-10(15)14(20)11(16)6-8/h5-6,20H,2-4,7H2,1H3,(H,17,18). The molecule has 0 radical (unpaired) electrons. The number of H-pyrrole nitrogens is 1. The Morgan fingerprint density at radius 1 is 1.35 bits per heavy atom. The normalized spacial score (nSPS) is 15.3. The zero-order chi connectivity index (χ0) is 14.3. The topological polar surface area (TPSA) is 52.2 Å². The second kappa shape index (κ2) is 5.50. The summed E-state index contributed by atoms with van der Waals surface area (Å²) in [7, 11) is 0. The largest absolute Gasteiger partial charge is 0.506 e. The lowest BCUT2D eigenvalue weighted by Gasteiger charge is -2.25. The summed E-state index contributed by atoms with van der Waals surface area (Å²) in [6.45, 7) is 5.23. The smallest absolute Gasteiger partial charge is 0.143 e. The molecule has 2 aromatic rings. The zero-order valence-corrected chi connectivity index (χ0v) is 14.3. The number of phenolic OH excluding ortho intramolecular Hbond substituents is 1. The number of benzene rings is 1. The van der Waals surface area contributed by atoms with E-state index < -0.39 is 0 Å². The van der Waals surface area contributed by atoms with Crippen molar-refractivity contribution in [1.29, 1.82) is 0 Å². The van der Waals surface area contributed by atoms with E-state index in [2.05, 4.69) is 53.9 Å². The molecule has 3 rings (SSSR count). The summed E-state index contributed by atoms with van der Waals surface area (Å²) in [6.07, 6.45) is 1.01. The van der Waals surface area contributed by atoms with Crippen molar-refractivity contribution in [3.8, 4) is 17.0 Å². The molecule has 0 aliphatic carbocycles. The predicted octanol–water partition coefficient (Wildman–Crippen LogP) is 3.69. The maximum Gasteiger partial charge on any atom is 0.143 e. The van der Waals surface area contributed by atoms with Crippen LogP contribution in [0.15, 0.2) is 21.1 Å². The lowest BCUT2D eigenvalue weighted by atomic mass is 10.0. The summed E-state index contributed by atoms with van der Waals surface area (Å²) in [5.41, 5.74) is 4.46. The van der Waals surface area contributed by atoms with Crippen molar-refractivity contribution >= 4 is 31.9 Å². The number of hydrogen-bond donors (Lipinski definition) is 2. The third-order valence-electron chi connectivity index (χ3n) is 3.75. The van der Waals surface area contributed by atoms with Crippen LogP contribution in [0.25, 0.3) is 11.3 Å². The molecule has 0 atom stereocenters.